The molecule has 2 aliphatic rings. The lowest BCUT2D eigenvalue weighted by Gasteiger charge is -2.29. The molecule has 4 aromatic carbocycles. The highest BCUT2D eigenvalue weighted by atomic mass is 19.1. The quantitative estimate of drug-likeness (QED) is 0.179. The van der Waals surface area contributed by atoms with Gasteiger partial charge >= 0.3 is 5.97 Å². The molecule has 0 bridgehead atoms. The Labute approximate surface area is 235 Å². The number of methoxy groups -OCH3 is 1. The zero-order chi connectivity index (χ0) is 28.5. The summed E-state index contributed by atoms with van der Waals surface area (Å²) in [4.78, 5) is 47.3. The summed E-state index contributed by atoms with van der Waals surface area (Å²) in [5.74, 6) is -2.31. The fourth-order valence-corrected chi connectivity index (χ4v) is 5.23. The Kier molecular flexibility index (Phi) is 6.94. The summed E-state index contributed by atoms with van der Waals surface area (Å²) in [6.07, 6.45) is -1.00. The number of imide groups is 1. The largest absolute Gasteiger partial charge is 0.493 e. The van der Waals surface area contributed by atoms with Crippen molar-refractivity contribution in [1.29, 1.82) is 0 Å². The van der Waals surface area contributed by atoms with Crippen LogP contribution in [0, 0.1) is 11.7 Å². The van der Waals surface area contributed by atoms with E-state index in [4.69, 9.17) is 14.3 Å². The van der Waals surface area contributed by atoms with Gasteiger partial charge in [-0.1, -0.05) is 54.6 Å². The predicted octanol–water partition coefficient (Wildman–Crippen LogP) is 5.10. The van der Waals surface area contributed by atoms with E-state index in [1.54, 1.807) is 23.3 Å². The fraction of sp³-hybridized carbons (Fsp3) is 0.156. The smallest absolute Gasteiger partial charge is 0.343 e. The van der Waals surface area contributed by atoms with Crippen LogP contribution in [0.2, 0.25) is 0 Å². The molecule has 41 heavy (non-hydrogen) atoms. The summed E-state index contributed by atoms with van der Waals surface area (Å²) < 4.78 is 24.4. The molecular weight excluding hydrogens is 527 g/mol. The molecule has 9 heteroatoms. The molecular formula is C32H25FN2O6. The number of para-hydroxylation sites is 1. The topological polar surface area (TPSA) is 85.4 Å². The predicted molar refractivity (Wildman–Crippen MR) is 146 cm³/mol. The Morgan fingerprint density at radius 3 is 2.22 bits per heavy atom. The van der Waals surface area contributed by atoms with Crippen LogP contribution < -0.4 is 14.5 Å². The number of fused-ring (bicyclic) bond motifs is 1. The molecule has 206 valence electrons. The lowest BCUT2D eigenvalue weighted by Crippen LogP contribution is -2.36. The van der Waals surface area contributed by atoms with Crippen molar-refractivity contribution in [3.63, 3.8) is 0 Å². The summed E-state index contributed by atoms with van der Waals surface area (Å²) in [6.45, 7) is 0.147. The second-order valence-corrected chi connectivity index (χ2v) is 9.71. The number of nitrogens with zero attached hydrogens (tertiary/aromatic N) is 2. The highest BCUT2D eigenvalue weighted by Gasteiger charge is 2.59. The van der Waals surface area contributed by atoms with Crippen molar-refractivity contribution in [2.75, 3.05) is 12.2 Å². The summed E-state index contributed by atoms with van der Waals surface area (Å²) in [5.41, 5.74) is 2.31. The minimum atomic E-state index is -1.00. The number of hydroxylamine groups is 1. The normalized spacial score (nSPS) is 19.8. The van der Waals surface area contributed by atoms with Gasteiger partial charge in [0.2, 0.25) is 5.91 Å². The van der Waals surface area contributed by atoms with Crippen molar-refractivity contribution >= 4 is 23.5 Å². The second-order valence-electron chi connectivity index (χ2n) is 9.71. The molecule has 2 saturated heterocycles. The molecule has 2 amide bonds. The van der Waals surface area contributed by atoms with Gasteiger partial charge in [0.15, 0.2) is 17.6 Å². The van der Waals surface area contributed by atoms with Crippen LogP contribution in [-0.4, -0.2) is 35.9 Å². The number of carbonyl (C=O) groups excluding carboxylic acids is 3. The molecule has 2 fully saturated rings. The molecule has 4 aromatic rings. The number of amides is 2. The minimum absolute atomic E-state index is 0.145. The van der Waals surface area contributed by atoms with Crippen LogP contribution in [0.4, 0.5) is 10.1 Å². The molecule has 2 aliphatic heterocycles. The van der Waals surface area contributed by atoms with Crippen molar-refractivity contribution < 1.29 is 33.1 Å². The first kappa shape index (κ1) is 26.2. The lowest BCUT2D eigenvalue weighted by atomic mass is 9.90. The lowest BCUT2D eigenvalue weighted by molar-refractivity contribution is -0.143. The van der Waals surface area contributed by atoms with E-state index in [0.29, 0.717) is 11.3 Å². The fourth-order valence-electron chi connectivity index (χ4n) is 5.23. The van der Waals surface area contributed by atoms with Gasteiger partial charge in [-0.3, -0.25) is 19.3 Å². The van der Waals surface area contributed by atoms with Crippen molar-refractivity contribution in [3.05, 3.63) is 126 Å². The van der Waals surface area contributed by atoms with Crippen LogP contribution in [0.15, 0.2) is 103 Å². The van der Waals surface area contributed by atoms with Crippen LogP contribution in [0.3, 0.4) is 0 Å². The van der Waals surface area contributed by atoms with Gasteiger partial charge in [0.05, 0.1) is 30.9 Å². The number of halogens is 1. The minimum Gasteiger partial charge on any atom is -0.493 e. The number of hydrogen-bond acceptors (Lipinski definition) is 7. The van der Waals surface area contributed by atoms with Gasteiger partial charge < -0.3 is 9.47 Å². The molecule has 0 N–H and O–H groups in total. The third-order valence-corrected chi connectivity index (χ3v) is 7.21. The maximum atomic E-state index is 13.8. The van der Waals surface area contributed by atoms with Gasteiger partial charge in [0.25, 0.3) is 5.91 Å². The number of ether oxygens (including phenoxy) is 2. The Balaban J connectivity index is 1.34. The maximum absolute atomic E-state index is 13.8. The number of esters is 1. The van der Waals surface area contributed by atoms with E-state index in [1.165, 1.54) is 36.3 Å². The molecule has 8 nitrogen and oxygen atoms in total. The highest BCUT2D eigenvalue weighted by Crippen LogP contribution is 2.48. The third kappa shape index (κ3) is 4.92. The molecule has 0 aromatic heterocycles. The van der Waals surface area contributed by atoms with Crippen molar-refractivity contribution in [2.24, 2.45) is 5.92 Å². The zero-order valence-electron chi connectivity index (χ0n) is 22.0. The summed E-state index contributed by atoms with van der Waals surface area (Å²) in [7, 11) is 1.43. The molecule has 0 saturated carbocycles. The van der Waals surface area contributed by atoms with E-state index in [9.17, 15) is 18.8 Å². The molecule has 0 unspecified atom stereocenters. The SMILES string of the molecule is COc1cc([C@H]2[C@@H]3C(=O)N(Cc4ccccc4)C(=O)[C@H]3ON2c2ccccc2)ccc1OC(=O)c1ccc(F)cc1. The van der Waals surface area contributed by atoms with Gasteiger partial charge in [-0.25, -0.2) is 14.2 Å². The summed E-state index contributed by atoms with van der Waals surface area (Å²) in [5, 5.41) is 1.59. The van der Waals surface area contributed by atoms with Gasteiger partial charge in [-0.2, -0.15) is 0 Å². The Bertz CT molecular complexity index is 1600. The van der Waals surface area contributed by atoms with Crippen LogP contribution in [-0.2, 0) is 21.0 Å². The molecule has 0 spiro atoms. The van der Waals surface area contributed by atoms with Crippen LogP contribution in [0.5, 0.6) is 11.5 Å². The zero-order valence-corrected chi connectivity index (χ0v) is 22.0. The van der Waals surface area contributed by atoms with E-state index in [1.807, 2.05) is 60.7 Å². The standard InChI is InChI=1S/C32H25FN2O6/c1-39-26-18-22(14-17-25(26)40-32(38)21-12-15-23(33)16-13-21)28-27-29(41-35(28)24-10-6-3-7-11-24)31(37)34(30(27)36)19-20-8-4-2-5-9-20/h2-18,27-29H,19H2,1H3/t27-,28-,29-/m0/s1. The number of benzene rings is 4. The molecule has 2 heterocycles. The van der Waals surface area contributed by atoms with Crippen LogP contribution in [0.1, 0.15) is 27.5 Å². The van der Waals surface area contributed by atoms with E-state index < -0.39 is 35.8 Å². The molecule has 0 radical (unpaired) electrons. The molecule has 3 atom stereocenters. The number of likely N-dealkylation sites (tertiary alicyclic amines) is 1. The van der Waals surface area contributed by atoms with E-state index >= 15 is 0 Å². The van der Waals surface area contributed by atoms with Crippen molar-refractivity contribution in [2.45, 2.75) is 18.7 Å². The monoisotopic (exact) mass is 552 g/mol. The Hall–Kier alpha value is -5.02. The van der Waals surface area contributed by atoms with Gasteiger partial charge in [-0.05, 0) is 59.7 Å². The van der Waals surface area contributed by atoms with Gasteiger partial charge in [-0.15, -0.1) is 0 Å². The Morgan fingerprint density at radius 2 is 1.54 bits per heavy atom. The summed E-state index contributed by atoms with van der Waals surface area (Å²) >= 11 is 0. The third-order valence-electron chi connectivity index (χ3n) is 7.21. The average Bonchev–Trinajstić information content (AvgIpc) is 3.50. The average molecular weight is 553 g/mol. The van der Waals surface area contributed by atoms with Crippen molar-refractivity contribution in [3.8, 4) is 11.5 Å². The first-order chi connectivity index (χ1) is 19.9. The van der Waals surface area contributed by atoms with Gasteiger partial charge in [0, 0.05) is 0 Å². The van der Waals surface area contributed by atoms with Crippen LogP contribution >= 0.6 is 0 Å². The van der Waals surface area contributed by atoms with E-state index in [0.717, 1.165) is 5.56 Å². The first-order valence-electron chi connectivity index (χ1n) is 13.0. The van der Waals surface area contributed by atoms with Crippen LogP contribution in [0.25, 0.3) is 0 Å². The van der Waals surface area contributed by atoms with E-state index in [-0.39, 0.29) is 29.5 Å². The number of hydrogen-bond donors (Lipinski definition) is 0. The molecule has 0 aliphatic carbocycles. The molecule has 6 rings (SSSR count). The van der Waals surface area contributed by atoms with E-state index in [2.05, 4.69) is 0 Å². The first-order valence-corrected chi connectivity index (χ1v) is 13.0. The highest BCUT2D eigenvalue weighted by molar-refractivity contribution is 6.07. The second kappa shape index (κ2) is 10.9. The summed E-state index contributed by atoms with van der Waals surface area (Å²) in [6, 6.07) is 27.8. The number of rotatable bonds is 7. The number of anilines is 1. The van der Waals surface area contributed by atoms with Crippen molar-refractivity contribution in [1.82, 2.24) is 4.90 Å². The van der Waals surface area contributed by atoms with Gasteiger partial charge in [0.1, 0.15) is 11.7 Å². The maximum Gasteiger partial charge on any atom is 0.343 e. The Morgan fingerprint density at radius 1 is 0.854 bits per heavy atom. The number of carbonyl (C=O) groups is 3.